The maximum atomic E-state index is 11.9. The van der Waals surface area contributed by atoms with Crippen LogP contribution in [0.4, 0.5) is 0 Å². The van der Waals surface area contributed by atoms with Gasteiger partial charge in [0.2, 0.25) is 0 Å². The number of rotatable bonds is 5. The molecule has 1 aromatic heterocycles. The summed E-state index contributed by atoms with van der Waals surface area (Å²) < 4.78 is 5.14. The van der Waals surface area contributed by atoms with E-state index in [9.17, 15) is 4.79 Å². The summed E-state index contributed by atoms with van der Waals surface area (Å²) in [5, 5.41) is 1.10. The molecule has 0 bridgehead atoms. The van der Waals surface area contributed by atoms with Crippen molar-refractivity contribution in [3.63, 3.8) is 0 Å². The highest BCUT2D eigenvalue weighted by atomic mass is 35.5. The van der Waals surface area contributed by atoms with Crippen LogP contribution < -0.4 is 5.73 Å². The Morgan fingerprint density at radius 2 is 2.10 bits per heavy atom. The molecule has 0 saturated carbocycles. The van der Waals surface area contributed by atoms with Crippen molar-refractivity contribution in [2.75, 3.05) is 6.61 Å². The Morgan fingerprint density at radius 1 is 1.40 bits per heavy atom. The smallest absolute Gasteiger partial charge is 0.326 e. The van der Waals surface area contributed by atoms with E-state index >= 15 is 0 Å². The van der Waals surface area contributed by atoms with Gasteiger partial charge in [-0.15, -0.1) is 12.4 Å². The minimum atomic E-state index is -1.000. The third-order valence-electron chi connectivity index (χ3n) is 3.14. The molecule has 0 aliphatic heterocycles. The van der Waals surface area contributed by atoms with E-state index in [-0.39, 0.29) is 18.4 Å². The van der Waals surface area contributed by atoms with Gasteiger partial charge < -0.3 is 15.5 Å². The first-order valence-corrected chi connectivity index (χ1v) is 6.55. The van der Waals surface area contributed by atoms with Gasteiger partial charge in [0.25, 0.3) is 0 Å². The van der Waals surface area contributed by atoms with E-state index in [2.05, 4.69) is 4.98 Å². The predicted octanol–water partition coefficient (Wildman–Crippen LogP) is 2.80. The number of aromatic amines is 1. The van der Waals surface area contributed by atoms with Crippen molar-refractivity contribution in [3.8, 4) is 0 Å². The summed E-state index contributed by atoms with van der Waals surface area (Å²) in [5.41, 5.74) is 7.18. The van der Waals surface area contributed by atoms with E-state index in [4.69, 9.17) is 10.5 Å². The first kappa shape index (κ1) is 16.5. The number of para-hydroxylation sites is 1. The molecule has 0 unspecified atom stereocenters. The zero-order valence-electron chi connectivity index (χ0n) is 11.8. The summed E-state index contributed by atoms with van der Waals surface area (Å²) in [6, 6.07) is 7.97. The number of esters is 1. The van der Waals surface area contributed by atoms with Crippen LogP contribution in [0.5, 0.6) is 0 Å². The van der Waals surface area contributed by atoms with Crippen LogP contribution >= 0.6 is 12.4 Å². The van der Waals surface area contributed by atoms with Gasteiger partial charge in [-0.25, -0.2) is 0 Å². The van der Waals surface area contributed by atoms with Gasteiger partial charge in [-0.05, 0) is 25.0 Å². The van der Waals surface area contributed by atoms with Gasteiger partial charge in [0.15, 0.2) is 0 Å². The fraction of sp³-hybridized carbons (Fsp3) is 0.400. The molecule has 3 N–H and O–H groups in total. The summed E-state index contributed by atoms with van der Waals surface area (Å²) in [7, 11) is 0. The molecule has 4 nitrogen and oxygen atoms in total. The predicted molar refractivity (Wildman–Crippen MR) is 83.1 cm³/mol. The number of fused-ring (bicyclic) bond motifs is 1. The number of H-pyrrole nitrogens is 1. The van der Waals surface area contributed by atoms with Crippen molar-refractivity contribution in [1.82, 2.24) is 4.98 Å². The van der Waals surface area contributed by atoms with E-state index < -0.39 is 5.54 Å². The van der Waals surface area contributed by atoms with Crippen LogP contribution in [0.15, 0.2) is 30.5 Å². The van der Waals surface area contributed by atoms with Gasteiger partial charge >= 0.3 is 5.97 Å². The van der Waals surface area contributed by atoms with Crippen molar-refractivity contribution < 1.29 is 9.53 Å². The molecule has 0 fully saturated rings. The molecule has 5 heteroatoms. The summed E-state index contributed by atoms with van der Waals surface area (Å²) in [6.07, 6.45) is 3.16. The topological polar surface area (TPSA) is 68.1 Å². The lowest BCUT2D eigenvalue weighted by Gasteiger charge is -2.22. The molecule has 20 heavy (non-hydrogen) atoms. The van der Waals surface area contributed by atoms with E-state index in [1.165, 1.54) is 0 Å². The lowest BCUT2D eigenvalue weighted by atomic mass is 9.94. The average molecular weight is 297 g/mol. The number of halogens is 1. The summed E-state index contributed by atoms with van der Waals surface area (Å²) in [5.74, 6) is -0.348. The molecule has 0 aliphatic carbocycles. The van der Waals surface area contributed by atoms with Crippen LogP contribution in [0.1, 0.15) is 25.8 Å². The quantitative estimate of drug-likeness (QED) is 0.834. The van der Waals surface area contributed by atoms with Gasteiger partial charge in [-0.3, -0.25) is 4.79 Å². The standard InChI is InChI=1S/C15H20N2O2.ClH/c1-3-8-19-14(18)15(2,16)9-11-10-17-13-7-5-4-6-12(11)13;/h4-7,10,17H,3,8-9,16H2,1-2H3;1H/t15-;/m0./s1. The molecule has 2 rings (SSSR count). The molecule has 0 aliphatic rings. The zero-order chi connectivity index (χ0) is 13.9. The molecule has 0 spiro atoms. The third kappa shape index (κ3) is 3.52. The minimum Gasteiger partial charge on any atom is -0.464 e. The number of nitrogens with one attached hydrogen (secondary N) is 1. The number of carbonyl (C=O) groups excluding carboxylic acids is 1. The molecule has 0 radical (unpaired) electrons. The molecular weight excluding hydrogens is 276 g/mol. The van der Waals surface area contributed by atoms with E-state index in [1.54, 1.807) is 6.92 Å². The van der Waals surface area contributed by atoms with Crippen LogP contribution in [-0.4, -0.2) is 23.1 Å². The third-order valence-corrected chi connectivity index (χ3v) is 3.14. The molecule has 1 heterocycles. The second kappa shape index (κ2) is 6.77. The van der Waals surface area contributed by atoms with Crippen LogP contribution in [0.25, 0.3) is 10.9 Å². The molecule has 1 atom stereocenters. The fourth-order valence-electron chi connectivity index (χ4n) is 2.11. The van der Waals surface area contributed by atoms with E-state index in [0.717, 1.165) is 22.9 Å². The highest BCUT2D eigenvalue weighted by Gasteiger charge is 2.31. The Bertz CT molecular complexity index is 578. The van der Waals surface area contributed by atoms with Gasteiger partial charge in [0.05, 0.1) is 6.61 Å². The highest BCUT2D eigenvalue weighted by molar-refractivity contribution is 5.86. The Balaban J connectivity index is 0.00000200. The number of benzene rings is 1. The van der Waals surface area contributed by atoms with Crippen molar-refractivity contribution in [2.45, 2.75) is 32.2 Å². The Labute approximate surface area is 125 Å². The van der Waals surface area contributed by atoms with Gasteiger partial charge in [0.1, 0.15) is 5.54 Å². The molecule has 0 amide bonds. The number of aromatic nitrogens is 1. The Morgan fingerprint density at radius 3 is 2.80 bits per heavy atom. The molecular formula is C15H21ClN2O2. The molecule has 110 valence electrons. The second-order valence-electron chi connectivity index (χ2n) is 5.09. The molecule has 1 aromatic carbocycles. The average Bonchev–Trinajstić information content (AvgIpc) is 2.79. The van der Waals surface area contributed by atoms with Crippen LogP contribution in [0.2, 0.25) is 0 Å². The van der Waals surface area contributed by atoms with Crippen LogP contribution in [-0.2, 0) is 16.0 Å². The van der Waals surface area contributed by atoms with Gasteiger partial charge in [-0.1, -0.05) is 25.1 Å². The second-order valence-corrected chi connectivity index (χ2v) is 5.09. The van der Waals surface area contributed by atoms with Crippen molar-refractivity contribution in [3.05, 3.63) is 36.0 Å². The molecule has 2 aromatic rings. The maximum Gasteiger partial charge on any atom is 0.326 e. The maximum absolute atomic E-state index is 11.9. The fourth-order valence-corrected chi connectivity index (χ4v) is 2.11. The number of nitrogens with two attached hydrogens (primary N) is 1. The van der Waals surface area contributed by atoms with Crippen LogP contribution in [0.3, 0.4) is 0 Å². The molecule has 0 saturated heterocycles. The number of ether oxygens (including phenoxy) is 1. The number of hydrogen-bond acceptors (Lipinski definition) is 3. The normalized spacial score (nSPS) is 13.6. The minimum absolute atomic E-state index is 0. The summed E-state index contributed by atoms with van der Waals surface area (Å²) >= 11 is 0. The van der Waals surface area contributed by atoms with Gasteiger partial charge in [0, 0.05) is 23.5 Å². The summed E-state index contributed by atoms with van der Waals surface area (Å²) in [4.78, 5) is 15.1. The monoisotopic (exact) mass is 296 g/mol. The number of hydrogen-bond donors (Lipinski definition) is 2. The van der Waals surface area contributed by atoms with Crippen molar-refractivity contribution >= 4 is 29.3 Å². The zero-order valence-corrected chi connectivity index (χ0v) is 12.6. The van der Waals surface area contributed by atoms with E-state index in [0.29, 0.717) is 13.0 Å². The van der Waals surface area contributed by atoms with Crippen LogP contribution in [0, 0.1) is 0 Å². The first-order valence-electron chi connectivity index (χ1n) is 6.55. The lowest BCUT2D eigenvalue weighted by molar-refractivity contribution is -0.149. The first-order chi connectivity index (χ1) is 9.04. The van der Waals surface area contributed by atoms with E-state index in [1.807, 2.05) is 37.4 Å². The SMILES string of the molecule is CCCOC(=O)[C@@](C)(N)Cc1c[nH]c2ccccc12.Cl. The highest BCUT2D eigenvalue weighted by Crippen LogP contribution is 2.22. The van der Waals surface area contributed by atoms with Crippen molar-refractivity contribution in [1.29, 1.82) is 0 Å². The number of carbonyl (C=O) groups is 1. The lowest BCUT2D eigenvalue weighted by Crippen LogP contribution is -2.48. The Hall–Kier alpha value is -1.52. The van der Waals surface area contributed by atoms with Gasteiger partial charge in [-0.2, -0.15) is 0 Å². The largest absolute Gasteiger partial charge is 0.464 e. The Kier molecular flexibility index (Phi) is 5.60. The summed E-state index contributed by atoms with van der Waals surface area (Å²) in [6.45, 7) is 4.09. The van der Waals surface area contributed by atoms with Crippen molar-refractivity contribution in [2.24, 2.45) is 5.73 Å².